The van der Waals surface area contributed by atoms with E-state index in [0.29, 0.717) is 6.04 Å². The number of hydrogen-bond donors (Lipinski definition) is 2. The van der Waals surface area contributed by atoms with Crippen molar-refractivity contribution >= 4 is 0 Å². The number of ether oxygens (including phenoxy) is 1. The van der Waals surface area contributed by atoms with Gasteiger partial charge in [0, 0.05) is 18.0 Å². The predicted octanol–water partition coefficient (Wildman–Crippen LogP) is 2.96. The third-order valence-corrected chi connectivity index (χ3v) is 3.88. The number of aliphatic hydroxyl groups excluding tert-OH is 1. The van der Waals surface area contributed by atoms with Crippen LogP contribution in [-0.2, 0) is 0 Å². The Balaban J connectivity index is 1.94. The number of hydrogen-bond acceptors (Lipinski definition) is 3. The van der Waals surface area contributed by atoms with Gasteiger partial charge in [0.1, 0.15) is 5.75 Å². The molecule has 1 aliphatic carbocycles. The zero-order valence-electron chi connectivity index (χ0n) is 13.1. The fourth-order valence-electron chi connectivity index (χ4n) is 2.71. The van der Waals surface area contributed by atoms with Crippen LogP contribution < -0.4 is 10.1 Å². The van der Waals surface area contributed by atoms with Crippen molar-refractivity contribution in [1.82, 2.24) is 5.32 Å². The molecule has 0 heterocycles. The van der Waals surface area contributed by atoms with E-state index in [-0.39, 0.29) is 18.2 Å². The van der Waals surface area contributed by atoms with Crippen LogP contribution in [0.25, 0.3) is 0 Å². The summed E-state index contributed by atoms with van der Waals surface area (Å²) < 4.78 is 6.05. The summed E-state index contributed by atoms with van der Waals surface area (Å²) in [7, 11) is 0. The van der Waals surface area contributed by atoms with Gasteiger partial charge in [0.05, 0.1) is 12.7 Å². The maximum Gasteiger partial charge on any atom is 0.122 e. The summed E-state index contributed by atoms with van der Waals surface area (Å²) in [5.74, 6) is 0.940. The van der Waals surface area contributed by atoms with Gasteiger partial charge in [-0.3, -0.25) is 0 Å². The summed E-state index contributed by atoms with van der Waals surface area (Å²) >= 11 is 0. The summed E-state index contributed by atoms with van der Waals surface area (Å²) in [4.78, 5) is 0. The molecule has 0 radical (unpaired) electrons. The van der Waals surface area contributed by atoms with Crippen LogP contribution in [0.1, 0.15) is 44.2 Å². The SMILES string of the molecule is Cc1ccc(OC(C)CC(C)(CO)NC2CC2)c(C)c1. The molecule has 3 nitrogen and oxygen atoms in total. The van der Waals surface area contributed by atoms with Crippen molar-refractivity contribution in [3.8, 4) is 5.75 Å². The van der Waals surface area contributed by atoms with Crippen LogP contribution in [0, 0.1) is 13.8 Å². The van der Waals surface area contributed by atoms with Crippen molar-refractivity contribution in [1.29, 1.82) is 0 Å². The minimum absolute atomic E-state index is 0.0693. The maximum absolute atomic E-state index is 9.65. The molecule has 1 aliphatic rings. The summed E-state index contributed by atoms with van der Waals surface area (Å²) in [5, 5.41) is 13.2. The first-order valence-corrected chi connectivity index (χ1v) is 7.54. The smallest absolute Gasteiger partial charge is 0.122 e. The van der Waals surface area contributed by atoms with Crippen LogP contribution in [0.3, 0.4) is 0 Å². The van der Waals surface area contributed by atoms with Crippen molar-refractivity contribution in [2.24, 2.45) is 0 Å². The Morgan fingerprint density at radius 2 is 2.10 bits per heavy atom. The molecular formula is C17H27NO2. The van der Waals surface area contributed by atoms with E-state index >= 15 is 0 Å². The molecule has 20 heavy (non-hydrogen) atoms. The normalized spacial score (nSPS) is 19.4. The van der Waals surface area contributed by atoms with E-state index in [1.165, 1.54) is 18.4 Å². The fourth-order valence-corrected chi connectivity index (χ4v) is 2.71. The standard InChI is InChI=1S/C17H27NO2/c1-12-5-8-16(13(2)9-12)20-14(3)10-17(4,11-19)18-15-6-7-15/h5,8-9,14-15,18-19H,6-7,10-11H2,1-4H3. The highest BCUT2D eigenvalue weighted by Crippen LogP contribution is 2.26. The Labute approximate surface area is 122 Å². The molecule has 1 fully saturated rings. The number of aryl methyl sites for hydroxylation is 2. The van der Waals surface area contributed by atoms with E-state index in [2.05, 4.69) is 45.1 Å². The third kappa shape index (κ3) is 4.22. The Hall–Kier alpha value is -1.06. The lowest BCUT2D eigenvalue weighted by molar-refractivity contribution is 0.108. The molecule has 2 N–H and O–H groups in total. The van der Waals surface area contributed by atoms with Crippen molar-refractivity contribution in [3.05, 3.63) is 29.3 Å². The van der Waals surface area contributed by atoms with Crippen molar-refractivity contribution < 1.29 is 9.84 Å². The van der Waals surface area contributed by atoms with E-state index in [1.54, 1.807) is 0 Å². The first kappa shape index (κ1) is 15.3. The van der Waals surface area contributed by atoms with Crippen molar-refractivity contribution in [2.75, 3.05) is 6.61 Å². The van der Waals surface area contributed by atoms with Gasteiger partial charge < -0.3 is 15.2 Å². The van der Waals surface area contributed by atoms with Gasteiger partial charge in [0.2, 0.25) is 0 Å². The van der Waals surface area contributed by atoms with Gasteiger partial charge in [-0.2, -0.15) is 0 Å². The molecule has 3 heteroatoms. The molecule has 1 aromatic carbocycles. The van der Waals surface area contributed by atoms with Gasteiger partial charge in [-0.15, -0.1) is 0 Å². The molecule has 2 unspecified atom stereocenters. The first-order chi connectivity index (χ1) is 9.42. The minimum Gasteiger partial charge on any atom is -0.490 e. The van der Waals surface area contributed by atoms with Crippen molar-refractivity contribution in [2.45, 2.75) is 64.6 Å². The lowest BCUT2D eigenvalue weighted by Crippen LogP contribution is -2.49. The number of rotatable bonds is 7. The van der Waals surface area contributed by atoms with Gasteiger partial charge in [-0.05, 0) is 52.2 Å². The zero-order chi connectivity index (χ0) is 14.8. The highest BCUT2D eigenvalue weighted by molar-refractivity contribution is 5.35. The maximum atomic E-state index is 9.65. The highest BCUT2D eigenvalue weighted by atomic mass is 16.5. The topological polar surface area (TPSA) is 41.5 Å². The monoisotopic (exact) mass is 277 g/mol. The molecule has 112 valence electrons. The van der Waals surface area contributed by atoms with E-state index < -0.39 is 0 Å². The predicted molar refractivity (Wildman–Crippen MR) is 82.3 cm³/mol. The molecule has 2 rings (SSSR count). The van der Waals surface area contributed by atoms with Crippen LogP contribution in [-0.4, -0.2) is 29.4 Å². The average molecular weight is 277 g/mol. The van der Waals surface area contributed by atoms with Crippen LogP contribution in [0.4, 0.5) is 0 Å². The number of nitrogens with one attached hydrogen (secondary N) is 1. The molecule has 1 aromatic rings. The van der Waals surface area contributed by atoms with Crippen LogP contribution in [0.5, 0.6) is 5.75 Å². The van der Waals surface area contributed by atoms with E-state index in [1.807, 2.05) is 6.07 Å². The fraction of sp³-hybridized carbons (Fsp3) is 0.647. The molecule has 0 saturated heterocycles. The minimum atomic E-state index is -0.251. The van der Waals surface area contributed by atoms with Gasteiger partial charge in [-0.1, -0.05) is 17.7 Å². The molecule has 1 saturated carbocycles. The summed E-state index contributed by atoms with van der Waals surface area (Å²) in [6, 6.07) is 6.82. The van der Waals surface area contributed by atoms with E-state index in [0.717, 1.165) is 17.7 Å². The highest BCUT2D eigenvalue weighted by Gasteiger charge is 2.33. The summed E-state index contributed by atoms with van der Waals surface area (Å²) in [6.07, 6.45) is 3.32. The molecule has 0 aromatic heterocycles. The number of aliphatic hydroxyl groups is 1. The molecule has 0 bridgehead atoms. The Morgan fingerprint density at radius 3 is 2.65 bits per heavy atom. The largest absolute Gasteiger partial charge is 0.490 e. The molecule has 0 spiro atoms. The first-order valence-electron chi connectivity index (χ1n) is 7.54. The zero-order valence-corrected chi connectivity index (χ0v) is 13.1. The van der Waals surface area contributed by atoms with Gasteiger partial charge >= 0.3 is 0 Å². The number of benzene rings is 1. The second-order valence-corrected chi connectivity index (χ2v) is 6.54. The summed E-state index contributed by atoms with van der Waals surface area (Å²) in [5.41, 5.74) is 2.16. The Bertz CT molecular complexity index is 456. The van der Waals surface area contributed by atoms with Gasteiger partial charge in [-0.25, -0.2) is 0 Å². The lowest BCUT2D eigenvalue weighted by Gasteiger charge is -2.32. The van der Waals surface area contributed by atoms with Gasteiger partial charge in [0.15, 0.2) is 0 Å². The molecule has 0 aliphatic heterocycles. The Morgan fingerprint density at radius 1 is 1.40 bits per heavy atom. The molecule has 2 atom stereocenters. The third-order valence-electron chi connectivity index (χ3n) is 3.88. The summed E-state index contributed by atoms with van der Waals surface area (Å²) in [6.45, 7) is 8.45. The Kier molecular flexibility index (Phi) is 4.71. The van der Waals surface area contributed by atoms with Gasteiger partial charge in [0.25, 0.3) is 0 Å². The van der Waals surface area contributed by atoms with E-state index in [9.17, 15) is 5.11 Å². The lowest BCUT2D eigenvalue weighted by atomic mass is 9.95. The van der Waals surface area contributed by atoms with Crippen LogP contribution in [0.2, 0.25) is 0 Å². The molecule has 0 amide bonds. The second kappa shape index (κ2) is 6.15. The second-order valence-electron chi connectivity index (χ2n) is 6.54. The molecular weight excluding hydrogens is 250 g/mol. The van der Waals surface area contributed by atoms with Crippen LogP contribution in [0.15, 0.2) is 18.2 Å². The average Bonchev–Trinajstić information content (AvgIpc) is 3.16. The van der Waals surface area contributed by atoms with E-state index in [4.69, 9.17) is 4.74 Å². The van der Waals surface area contributed by atoms with Crippen LogP contribution >= 0.6 is 0 Å². The van der Waals surface area contributed by atoms with Crippen molar-refractivity contribution in [3.63, 3.8) is 0 Å². The quantitative estimate of drug-likeness (QED) is 0.805.